The SMILES string of the molecule is Cc1nc(-c2ccc(-c3ccccc3)cc2)cc(-c2cccc3c2sc2ccccc23)n1.Cc1nc(-c2cccc(-c3ccccc3)c2)cc(-c2cccc3c2sc2ccccc23)n1.Cc1nc(-c2ccccc2)cc(-c2cccc3c2sc2ccccc23)n1. The van der Waals surface area contributed by atoms with Gasteiger partial charge in [-0.1, -0.05) is 243 Å². The normalized spacial score (nSPS) is 11.3. The van der Waals surface area contributed by atoms with Crippen LogP contribution in [0.2, 0.25) is 0 Å². The van der Waals surface area contributed by atoms with Gasteiger partial charge in [0.05, 0.1) is 34.2 Å². The fraction of sp³-hybridized carbons (Fsp3) is 0.0370. The zero-order valence-corrected chi connectivity index (χ0v) is 52.0. The molecule has 17 aromatic rings. The minimum Gasteiger partial charge on any atom is -0.233 e. The highest BCUT2D eigenvalue weighted by Gasteiger charge is 2.17. The number of aromatic nitrogens is 6. The molecular weight excluding hydrogens is 1150 g/mol. The van der Waals surface area contributed by atoms with Crippen molar-refractivity contribution in [3.05, 3.63) is 303 Å². The van der Waals surface area contributed by atoms with E-state index in [-0.39, 0.29) is 0 Å². The molecule has 428 valence electrons. The third-order valence-corrected chi connectivity index (χ3v) is 19.8. The maximum absolute atomic E-state index is 4.83. The van der Waals surface area contributed by atoms with E-state index in [1.165, 1.54) is 88.3 Å². The zero-order valence-electron chi connectivity index (χ0n) is 49.5. The molecule has 6 heterocycles. The first-order valence-electron chi connectivity index (χ1n) is 30.0. The number of benzene rings is 11. The van der Waals surface area contributed by atoms with E-state index >= 15 is 0 Å². The van der Waals surface area contributed by atoms with Crippen LogP contribution in [0.5, 0.6) is 0 Å². The fourth-order valence-electron chi connectivity index (χ4n) is 12.0. The number of fused-ring (bicyclic) bond motifs is 9. The molecule has 0 amide bonds. The molecule has 0 fully saturated rings. The first-order valence-corrected chi connectivity index (χ1v) is 32.4. The summed E-state index contributed by atoms with van der Waals surface area (Å²) in [7, 11) is 0. The van der Waals surface area contributed by atoms with Crippen molar-refractivity contribution in [1.82, 2.24) is 29.9 Å². The zero-order chi connectivity index (χ0) is 60.5. The summed E-state index contributed by atoms with van der Waals surface area (Å²) in [6.07, 6.45) is 0. The van der Waals surface area contributed by atoms with Crippen molar-refractivity contribution >= 4 is 94.5 Å². The third kappa shape index (κ3) is 11.2. The van der Waals surface area contributed by atoms with E-state index in [4.69, 9.17) is 24.9 Å². The van der Waals surface area contributed by atoms with Gasteiger partial charge in [0.1, 0.15) is 17.5 Å². The van der Waals surface area contributed by atoms with E-state index in [9.17, 15) is 0 Å². The molecule has 6 aromatic heterocycles. The maximum Gasteiger partial charge on any atom is 0.126 e. The van der Waals surface area contributed by atoms with Gasteiger partial charge >= 0.3 is 0 Å². The van der Waals surface area contributed by atoms with Crippen LogP contribution in [0.4, 0.5) is 0 Å². The van der Waals surface area contributed by atoms with Gasteiger partial charge in [-0.3, -0.25) is 0 Å². The van der Waals surface area contributed by atoms with Crippen molar-refractivity contribution in [1.29, 1.82) is 0 Å². The molecular formula is C81H56N6S3. The van der Waals surface area contributed by atoms with Gasteiger partial charge in [-0.2, -0.15) is 0 Å². The highest BCUT2D eigenvalue weighted by Crippen LogP contribution is 2.43. The molecule has 0 aliphatic carbocycles. The van der Waals surface area contributed by atoms with Gasteiger partial charge in [0.15, 0.2) is 0 Å². The van der Waals surface area contributed by atoms with Gasteiger partial charge in [0.2, 0.25) is 0 Å². The number of hydrogen-bond donors (Lipinski definition) is 0. The van der Waals surface area contributed by atoms with Crippen molar-refractivity contribution < 1.29 is 0 Å². The number of thiophene rings is 3. The Morgan fingerprint density at radius 2 is 0.467 bits per heavy atom. The Balaban J connectivity index is 0.000000113. The lowest BCUT2D eigenvalue weighted by atomic mass is 10.0. The Hall–Kier alpha value is -10.7. The van der Waals surface area contributed by atoms with Gasteiger partial charge in [-0.15, -0.1) is 34.0 Å². The predicted octanol–water partition coefficient (Wildman–Crippen LogP) is 22.8. The molecule has 0 aliphatic rings. The maximum atomic E-state index is 4.83. The van der Waals surface area contributed by atoms with Crippen LogP contribution in [-0.2, 0) is 0 Å². The summed E-state index contributed by atoms with van der Waals surface area (Å²) in [6, 6.07) is 100.0. The number of hydrogen-bond acceptors (Lipinski definition) is 9. The number of rotatable bonds is 8. The predicted molar refractivity (Wildman–Crippen MR) is 382 cm³/mol. The van der Waals surface area contributed by atoms with Crippen LogP contribution in [-0.4, -0.2) is 29.9 Å². The number of nitrogens with zero attached hydrogens (tertiary/aromatic N) is 6. The molecule has 90 heavy (non-hydrogen) atoms. The molecule has 0 spiro atoms. The van der Waals surface area contributed by atoms with Crippen molar-refractivity contribution in [3.63, 3.8) is 0 Å². The highest BCUT2D eigenvalue weighted by atomic mass is 32.1. The molecule has 11 aromatic carbocycles. The van der Waals surface area contributed by atoms with E-state index in [2.05, 4.69) is 260 Å². The largest absolute Gasteiger partial charge is 0.233 e. The minimum absolute atomic E-state index is 0.778. The summed E-state index contributed by atoms with van der Waals surface area (Å²) in [5.41, 5.74) is 17.4. The Kier molecular flexibility index (Phi) is 15.2. The summed E-state index contributed by atoms with van der Waals surface area (Å²) in [6.45, 7) is 5.90. The molecule has 17 rings (SSSR count). The third-order valence-electron chi connectivity index (χ3n) is 16.2. The molecule has 0 unspecified atom stereocenters. The van der Waals surface area contributed by atoms with Crippen LogP contribution in [0, 0.1) is 20.8 Å². The van der Waals surface area contributed by atoms with Gasteiger partial charge in [0.25, 0.3) is 0 Å². The smallest absolute Gasteiger partial charge is 0.126 e. The average molecular weight is 1210 g/mol. The molecule has 0 atom stereocenters. The summed E-state index contributed by atoms with van der Waals surface area (Å²) in [5, 5.41) is 7.77. The Labute approximate surface area is 533 Å². The van der Waals surface area contributed by atoms with Crippen LogP contribution >= 0.6 is 34.0 Å². The lowest BCUT2D eigenvalue weighted by Crippen LogP contribution is -1.95. The van der Waals surface area contributed by atoms with Crippen molar-refractivity contribution in [2.75, 3.05) is 0 Å². The quantitative estimate of drug-likeness (QED) is 0.151. The summed E-state index contributed by atoms with van der Waals surface area (Å²) in [5.74, 6) is 2.35. The van der Waals surface area contributed by atoms with Crippen LogP contribution in [0.1, 0.15) is 17.5 Å². The van der Waals surface area contributed by atoms with Crippen LogP contribution in [0.15, 0.2) is 285 Å². The average Bonchev–Trinajstić information content (AvgIpc) is 2.01. The van der Waals surface area contributed by atoms with Crippen LogP contribution in [0.25, 0.3) is 150 Å². The van der Waals surface area contributed by atoms with E-state index in [1.54, 1.807) is 0 Å². The topological polar surface area (TPSA) is 77.3 Å². The van der Waals surface area contributed by atoms with E-state index in [0.717, 1.165) is 79.5 Å². The second-order valence-corrected chi connectivity index (χ2v) is 25.3. The van der Waals surface area contributed by atoms with Gasteiger partial charge in [0, 0.05) is 93.9 Å². The molecule has 9 heteroatoms. The molecule has 0 bridgehead atoms. The van der Waals surface area contributed by atoms with Crippen molar-refractivity contribution in [2.24, 2.45) is 0 Å². The highest BCUT2D eigenvalue weighted by molar-refractivity contribution is 7.27. The summed E-state index contributed by atoms with van der Waals surface area (Å²) < 4.78 is 7.75. The lowest BCUT2D eigenvalue weighted by Gasteiger charge is -2.09. The Morgan fingerprint density at radius 1 is 0.200 bits per heavy atom. The van der Waals surface area contributed by atoms with E-state index < -0.39 is 0 Å². The number of aryl methyl sites for hydroxylation is 3. The van der Waals surface area contributed by atoms with Crippen molar-refractivity contribution in [3.8, 4) is 89.8 Å². The van der Waals surface area contributed by atoms with Gasteiger partial charge < -0.3 is 0 Å². The van der Waals surface area contributed by atoms with Gasteiger partial charge in [-0.25, -0.2) is 29.9 Å². The second kappa shape index (κ2) is 24.5. The van der Waals surface area contributed by atoms with Crippen LogP contribution < -0.4 is 0 Å². The molecule has 0 N–H and O–H groups in total. The Morgan fingerprint density at radius 3 is 0.878 bits per heavy atom. The monoisotopic (exact) mass is 1210 g/mol. The minimum atomic E-state index is 0.778. The summed E-state index contributed by atoms with van der Waals surface area (Å²) in [4.78, 5) is 28.6. The van der Waals surface area contributed by atoms with E-state index in [0.29, 0.717) is 0 Å². The molecule has 0 radical (unpaired) electrons. The molecule has 0 saturated heterocycles. The summed E-state index contributed by atoms with van der Waals surface area (Å²) >= 11 is 5.49. The molecule has 6 nitrogen and oxygen atoms in total. The van der Waals surface area contributed by atoms with Gasteiger partial charge in [-0.05, 0) is 85.5 Å². The lowest BCUT2D eigenvalue weighted by molar-refractivity contribution is 1.06. The fourth-order valence-corrected chi connectivity index (χ4v) is 15.6. The molecule has 0 aliphatic heterocycles. The molecule has 0 saturated carbocycles. The Bertz CT molecular complexity index is 5460. The van der Waals surface area contributed by atoms with Crippen LogP contribution in [0.3, 0.4) is 0 Å². The first-order chi connectivity index (χ1) is 44.3. The first kappa shape index (κ1) is 55.9. The van der Waals surface area contributed by atoms with E-state index in [1.807, 2.05) is 85.1 Å². The van der Waals surface area contributed by atoms with Crippen molar-refractivity contribution in [2.45, 2.75) is 20.8 Å². The second-order valence-electron chi connectivity index (χ2n) is 22.2. The standard InChI is InChI=1S/2C29H20N2S.C23H16N2S/c1-19-30-26(22-12-7-11-21(17-22)20-9-3-2-4-10-20)18-27(31-19)25-15-8-14-24-23-13-5-6-16-28(23)32-29(24)25;1-19-30-26(22-16-14-21(15-17-22)20-8-3-2-4-9-20)18-27(31-19)25-12-7-11-24-23-10-5-6-13-28(23)32-29(24)25;1-15-24-20(16-8-3-2-4-9-16)14-21(25-15)19-12-7-11-18-17-10-5-6-13-22(17)26-23(18)19/h2*2-18H,1H3;2-14H,1H3.